The van der Waals surface area contributed by atoms with E-state index in [1.54, 1.807) is 12.4 Å². The maximum Gasteiger partial charge on any atom is 0.0621 e. The summed E-state index contributed by atoms with van der Waals surface area (Å²) in [5, 5.41) is 0.709. The zero-order valence-corrected chi connectivity index (χ0v) is 11.7. The molecule has 0 aliphatic heterocycles. The number of aryl methyl sites for hydroxylation is 1. The summed E-state index contributed by atoms with van der Waals surface area (Å²) in [6, 6.07) is 12.6. The molecule has 1 atom stereocenters. The lowest BCUT2D eigenvalue weighted by Gasteiger charge is -2.12. The Kier molecular flexibility index (Phi) is 5.37. The van der Waals surface area contributed by atoms with Crippen molar-refractivity contribution in [1.29, 1.82) is 0 Å². The number of benzene rings is 1. The normalized spacial score (nSPS) is 12.3. The molecule has 100 valence electrons. The SMILES string of the molecule is NC(CCCc1ccccc1)Cc1ccncc1Cl. The highest BCUT2D eigenvalue weighted by atomic mass is 35.5. The Bertz CT molecular complexity index is 499. The average molecular weight is 275 g/mol. The molecule has 2 aromatic rings. The molecule has 0 saturated heterocycles. The van der Waals surface area contributed by atoms with Crippen molar-refractivity contribution in [2.45, 2.75) is 31.7 Å². The fraction of sp³-hybridized carbons (Fsp3) is 0.312. The maximum absolute atomic E-state index is 6.16. The van der Waals surface area contributed by atoms with E-state index in [0.717, 1.165) is 31.2 Å². The van der Waals surface area contributed by atoms with Gasteiger partial charge >= 0.3 is 0 Å². The minimum atomic E-state index is 0.156. The highest BCUT2D eigenvalue weighted by molar-refractivity contribution is 6.31. The molecular formula is C16H19ClN2. The van der Waals surface area contributed by atoms with Crippen molar-refractivity contribution >= 4 is 11.6 Å². The maximum atomic E-state index is 6.16. The number of nitrogens with two attached hydrogens (primary N) is 1. The first kappa shape index (κ1) is 14.0. The average Bonchev–Trinajstić information content (AvgIpc) is 2.43. The largest absolute Gasteiger partial charge is 0.327 e. The van der Waals surface area contributed by atoms with Gasteiger partial charge in [-0.25, -0.2) is 0 Å². The third-order valence-corrected chi connectivity index (χ3v) is 3.56. The molecule has 2 rings (SSSR count). The highest BCUT2D eigenvalue weighted by Gasteiger charge is 2.07. The molecule has 0 aliphatic carbocycles. The number of pyridine rings is 1. The quantitative estimate of drug-likeness (QED) is 0.874. The van der Waals surface area contributed by atoms with Crippen LogP contribution in [0.25, 0.3) is 0 Å². The molecule has 1 heterocycles. The molecule has 0 spiro atoms. The number of hydrogen-bond donors (Lipinski definition) is 1. The third kappa shape index (κ3) is 4.66. The third-order valence-electron chi connectivity index (χ3n) is 3.22. The number of aromatic nitrogens is 1. The van der Waals surface area contributed by atoms with Crippen molar-refractivity contribution in [1.82, 2.24) is 4.98 Å². The summed E-state index contributed by atoms with van der Waals surface area (Å²) in [5.41, 5.74) is 8.62. The second-order valence-electron chi connectivity index (χ2n) is 4.81. The van der Waals surface area contributed by atoms with Crippen LogP contribution in [0.15, 0.2) is 48.8 Å². The molecule has 19 heavy (non-hydrogen) atoms. The Morgan fingerprint density at radius 2 is 1.95 bits per heavy atom. The summed E-state index contributed by atoms with van der Waals surface area (Å²) in [5.74, 6) is 0. The van der Waals surface area contributed by atoms with Gasteiger partial charge in [0.2, 0.25) is 0 Å². The molecule has 0 fully saturated rings. The summed E-state index contributed by atoms with van der Waals surface area (Å²) >= 11 is 6.08. The Balaban J connectivity index is 1.76. The van der Waals surface area contributed by atoms with Gasteiger partial charge in [-0.1, -0.05) is 41.9 Å². The second-order valence-corrected chi connectivity index (χ2v) is 5.22. The molecule has 0 radical (unpaired) electrons. The van der Waals surface area contributed by atoms with E-state index in [-0.39, 0.29) is 6.04 Å². The van der Waals surface area contributed by atoms with Crippen molar-refractivity contribution in [3.05, 3.63) is 64.9 Å². The van der Waals surface area contributed by atoms with E-state index < -0.39 is 0 Å². The van der Waals surface area contributed by atoms with Gasteiger partial charge in [-0.3, -0.25) is 4.98 Å². The number of halogens is 1. The van der Waals surface area contributed by atoms with Crippen LogP contribution < -0.4 is 5.73 Å². The van der Waals surface area contributed by atoms with Crippen LogP contribution in [0.4, 0.5) is 0 Å². The van der Waals surface area contributed by atoms with Crippen LogP contribution in [0.5, 0.6) is 0 Å². The van der Waals surface area contributed by atoms with E-state index in [1.807, 2.05) is 12.1 Å². The number of hydrogen-bond acceptors (Lipinski definition) is 2. The second kappa shape index (κ2) is 7.27. The Morgan fingerprint density at radius 3 is 2.68 bits per heavy atom. The predicted molar refractivity (Wildman–Crippen MR) is 80.3 cm³/mol. The van der Waals surface area contributed by atoms with Gasteiger partial charge in [-0.2, -0.15) is 0 Å². The van der Waals surface area contributed by atoms with E-state index in [1.165, 1.54) is 5.56 Å². The van der Waals surface area contributed by atoms with Crippen LogP contribution in [-0.4, -0.2) is 11.0 Å². The highest BCUT2D eigenvalue weighted by Crippen LogP contribution is 2.16. The molecule has 1 unspecified atom stereocenters. The van der Waals surface area contributed by atoms with Crippen molar-refractivity contribution in [2.24, 2.45) is 5.73 Å². The van der Waals surface area contributed by atoms with E-state index in [2.05, 4.69) is 29.2 Å². The standard InChI is InChI=1S/C16H19ClN2/c17-16-12-19-10-9-14(16)11-15(18)8-4-7-13-5-2-1-3-6-13/h1-3,5-6,9-10,12,15H,4,7-8,11,18H2. The van der Waals surface area contributed by atoms with Crippen LogP contribution in [0.2, 0.25) is 5.02 Å². The van der Waals surface area contributed by atoms with Gasteiger partial charge in [0.05, 0.1) is 5.02 Å². The lowest BCUT2D eigenvalue weighted by molar-refractivity contribution is 0.580. The molecule has 2 nitrogen and oxygen atoms in total. The van der Waals surface area contributed by atoms with Gasteiger partial charge in [0.1, 0.15) is 0 Å². The predicted octanol–water partition coefficient (Wildman–Crippen LogP) is 3.63. The van der Waals surface area contributed by atoms with Gasteiger partial charge < -0.3 is 5.73 Å². The monoisotopic (exact) mass is 274 g/mol. The summed E-state index contributed by atoms with van der Waals surface area (Å²) in [7, 11) is 0. The molecule has 0 amide bonds. The van der Waals surface area contributed by atoms with Gasteiger partial charge in [0.15, 0.2) is 0 Å². The van der Waals surface area contributed by atoms with E-state index in [0.29, 0.717) is 5.02 Å². The lowest BCUT2D eigenvalue weighted by atomic mass is 10.0. The van der Waals surface area contributed by atoms with Crippen molar-refractivity contribution < 1.29 is 0 Å². The summed E-state index contributed by atoms with van der Waals surface area (Å²) in [6.07, 6.45) is 7.45. The van der Waals surface area contributed by atoms with Crippen LogP contribution >= 0.6 is 11.6 Å². The Hall–Kier alpha value is -1.38. The lowest BCUT2D eigenvalue weighted by Crippen LogP contribution is -2.23. The van der Waals surface area contributed by atoms with Crippen LogP contribution in [-0.2, 0) is 12.8 Å². The van der Waals surface area contributed by atoms with E-state index >= 15 is 0 Å². The minimum Gasteiger partial charge on any atom is -0.327 e. The fourth-order valence-corrected chi connectivity index (χ4v) is 2.36. The van der Waals surface area contributed by atoms with Gasteiger partial charge in [-0.15, -0.1) is 0 Å². The summed E-state index contributed by atoms with van der Waals surface area (Å²) in [4.78, 5) is 3.98. The van der Waals surface area contributed by atoms with E-state index in [9.17, 15) is 0 Å². The van der Waals surface area contributed by atoms with Crippen LogP contribution in [0.1, 0.15) is 24.0 Å². The molecule has 0 saturated carbocycles. The summed E-state index contributed by atoms with van der Waals surface area (Å²) < 4.78 is 0. The topological polar surface area (TPSA) is 38.9 Å². The number of rotatable bonds is 6. The molecule has 1 aromatic heterocycles. The Morgan fingerprint density at radius 1 is 1.16 bits per heavy atom. The Labute approximate surface area is 119 Å². The van der Waals surface area contributed by atoms with Crippen molar-refractivity contribution in [2.75, 3.05) is 0 Å². The van der Waals surface area contributed by atoms with Gasteiger partial charge in [-0.05, 0) is 42.9 Å². The first-order chi connectivity index (χ1) is 9.25. The molecule has 2 N–H and O–H groups in total. The number of nitrogens with zero attached hydrogens (tertiary/aromatic N) is 1. The van der Waals surface area contributed by atoms with Gasteiger partial charge in [0.25, 0.3) is 0 Å². The fourth-order valence-electron chi connectivity index (χ4n) is 2.17. The molecule has 1 aromatic carbocycles. The molecule has 0 bridgehead atoms. The van der Waals surface area contributed by atoms with Crippen LogP contribution in [0, 0.1) is 0 Å². The van der Waals surface area contributed by atoms with Crippen molar-refractivity contribution in [3.63, 3.8) is 0 Å². The zero-order valence-electron chi connectivity index (χ0n) is 10.9. The zero-order chi connectivity index (χ0) is 13.5. The van der Waals surface area contributed by atoms with Crippen LogP contribution in [0.3, 0.4) is 0 Å². The van der Waals surface area contributed by atoms with E-state index in [4.69, 9.17) is 17.3 Å². The smallest absolute Gasteiger partial charge is 0.0621 e. The molecular weight excluding hydrogens is 256 g/mol. The first-order valence-electron chi connectivity index (χ1n) is 6.63. The first-order valence-corrected chi connectivity index (χ1v) is 7.01. The summed E-state index contributed by atoms with van der Waals surface area (Å²) in [6.45, 7) is 0. The van der Waals surface area contributed by atoms with Gasteiger partial charge in [0, 0.05) is 18.4 Å². The van der Waals surface area contributed by atoms with Crippen molar-refractivity contribution in [3.8, 4) is 0 Å². The molecule has 3 heteroatoms. The molecule has 0 aliphatic rings. The minimum absolute atomic E-state index is 0.156.